The summed E-state index contributed by atoms with van der Waals surface area (Å²) in [7, 11) is 1.36. The van der Waals surface area contributed by atoms with Crippen molar-refractivity contribution >= 4 is 11.9 Å². The number of nitrogens with one attached hydrogen (secondary N) is 1. The molecule has 1 aromatic heterocycles. The van der Waals surface area contributed by atoms with E-state index in [0.717, 1.165) is 0 Å². The fourth-order valence-electron chi connectivity index (χ4n) is 0.978. The number of hydrogen-bond donors (Lipinski definition) is 2. The molecule has 1 rings (SSSR count). The van der Waals surface area contributed by atoms with E-state index in [9.17, 15) is 9.59 Å². The minimum Gasteiger partial charge on any atom is -0.480 e. The summed E-state index contributed by atoms with van der Waals surface area (Å²) in [6.07, 6.45) is 1.33. The summed E-state index contributed by atoms with van der Waals surface area (Å²) in [6, 6.07) is 1.91. The largest absolute Gasteiger partial charge is 0.480 e. The predicted octanol–water partition coefficient (Wildman–Crippen LogP) is 0.109. The fraction of sp³-hybridized carbons (Fsp3) is 0.333. The molecule has 1 aromatic rings. The van der Waals surface area contributed by atoms with Crippen molar-refractivity contribution < 1.29 is 23.8 Å². The molecule has 1 amide bonds. The predicted molar refractivity (Wildman–Crippen MR) is 49.5 cm³/mol. The zero-order chi connectivity index (χ0) is 11.3. The van der Waals surface area contributed by atoms with Gasteiger partial charge in [0.25, 0.3) is 5.91 Å². The highest BCUT2D eigenvalue weighted by Crippen LogP contribution is 2.00. The minimum absolute atomic E-state index is 0.0670. The molecule has 1 heterocycles. The molecule has 0 aliphatic carbocycles. The molecule has 6 heteroatoms. The molecule has 0 bridgehead atoms. The summed E-state index contributed by atoms with van der Waals surface area (Å²) in [6.45, 7) is -0.0955. The van der Waals surface area contributed by atoms with Gasteiger partial charge >= 0.3 is 5.97 Å². The topological polar surface area (TPSA) is 88.8 Å². The van der Waals surface area contributed by atoms with Crippen LogP contribution >= 0.6 is 0 Å². The monoisotopic (exact) mass is 213 g/mol. The van der Waals surface area contributed by atoms with Gasteiger partial charge in [-0.15, -0.1) is 0 Å². The van der Waals surface area contributed by atoms with Gasteiger partial charge < -0.3 is 19.6 Å². The number of carbonyl (C=O) groups is 2. The van der Waals surface area contributed by atoms with Crippen LogP contribution in [-0.4, -0.2) is 36.7 Å². The van der Waals surface area contributed by atoms with E-state index in [4.69, 9.17) is 9.52 Å². The Hall–Kier alpha value is -1.82. The highest BCUT2D eigenvalue weighted by molar-refractivity contribution is 5.94. The van der Waals surface area contributed by atoms with E-state index in [1.54, 1.807) is 6.07 Å². The van der Waals surface area contributed by atoms with E-state index in [1.165, 1.54) is 19.4 Å². The van der Waals surface area contributed by atoms with E-state index in [2.05, 4.69) is 10.1 Å². The lowest BCUT2D eigenvalue weighted by molar-refractivity contribution is -0.140. The number of carboxylic acids is 1. The number of hydrogen-bond acceptors (Lipinski definition) is 4. The van der Waals surface area contributed by atoms with Gasteiger partial charge in [0.15, 0.2) is 11.8 Å². The lowest BCUT2D eigenvalue weighted by atomic mass is 10.3. The van der Waals surface area contributed by atoms with Gasteiger partial charge in [-0.25, -0.2) is 4.79 Å². The highest BCUT2D eigenvalue weighted by atomic mass is 16.5. The molecule has 0 radical (unpaired) electrons. The van der Waals surface area contributed by atoms with E-state index in [-0.39, 0.29) is 12.4 Å². The second kappa shape index (κ2) is 5.16. The number of amides is 1. The van der Waals surface area contributed by atoms with Crippen molar-refractivity contribution in [3.8, 4) is 0 Å². The Balaban J connectivity index is 2.59. The number of ether oxygens (including phenoxy) is 1. The molecular weight excluding hydrogens is 202 g/mol. The summed E-state index contributed by atoms with van der Waals surface area (Å²) < 4.78 is 9.47. The van der Waals surface area contributed by atoms with E-state index < -0.39 is 17.9 Å². The van der Waals surface area contributed by atoms with Crippen LogP contribution in [-0.2, 0) is 9.53 Å². The quantitative estimate of drug-likeness (QED) is 0.724. The lowest BCUT2D eigenvalue weighted by Crippen LogP contribution is -2.43. The molecule has 0 aliphatic rings. The zero-order valence-electron chi connectivity index (χ0n) is 8.10. The van der Waals surface area contributed by atoms with Crippen molar-refractivity contribution in [3.63, 3.8) is 0 Å². The second-order valence-corrected chi connectivity index (χ2v) is 2.80. The maximum Gasteiger partial charge on any atom is 0.328 e. The van der Waals surface area contributed by atoms with E-state index >= 15 is 0 Å². The van der Waals surface area contributed by atoms with Gasteiger partial charge in [0.1, 0.15) is 0 Å². The number of aliphatic carboxylic acids is 1. The highest BCUT2D eigenvalue weighted by Gasteiger charge is 2.21. The van der Waals surface area contributed by atoms with Crippen LogP contribution in [0.15, 0.2) is 22.8 Å². The van der Waals surface area contributed by atoms with Gasteiger partial charge in [-0.05, 0) is 12.1 Å². The summed E-state index contributed by atoms with van der Waals surface area (Å²) in [4.78, 5) is 22.0. The number of carboxylic acid groups (broad SMARTS) is 1. The van der Waals surface area contributed by atoms with Crippen LogP contribution in [0.1, 0.15) is 10.6 Å². The third-order valence-electron chi connectivity index (χ3n) is 1.68. The third kappa shape index (κ3) is 3.10. The molecule has 0 saturated heterocycles. The minimum atomic E-state index is -1.16. The Labute approximate surface area is 85.8 Å². The molecule has 6 nitrogen and oxygen atoms in total. The zero-order valence-corrected chi connectivity index (χ0v) is 8.10. The molecule has 0 aromatic carbocycles. The third-order valence-corrected chi connectivity index (χ3v) is 1.68. The fourth-order valence-corrected chi connectivity index (χ4v) is 0.978. The van der Waals surface area contributed by atoms with Crippen LogP contribution in [0.2, 0.25) is 0 Å². The number of furan rings is 1. The van der Waals surface area contributed by atoms with Crippen LogP contribution in [0.3, 0.4) is 0 Å². The molecule has 2 N–H and O–H groups in total. The van der Waals surface area contributed by atoms with Gasteiger partial charge in [-0.1, -0.05) is 0 Å². The van der Waals surface area contributed by atoms with E-state index in [0.29, 0.717) is 0 Å². The van der Waals surface area contributed by atoms with E-state index in [1.807, 2.05) is 0 Å². The molecule has 0 saturated carbocycles. The van der Waals surface area contributed by atoms with Gasteiger partial charge in [-0.3, -0.25) is 4.79 Å². The molecule has 15 heavy (non-hydrogen) atoms. The van der Waals surface area contributed by atoms with Crippen molar-refractivity contribution in [3.05, 3.63) is 24.2 Å². The molecule has 0 aliphatic heterocycles. The standard InChI is InChI=1S/C9H11NO5/c1-14-5-6(9(12)13)10-8(11)7-3-2-4-15-7/h2-4,6H,5H2,1H3,(H,10,11)(H,12,13). The Morgan fingerprint density at radius 3 is 2.87 bits per heavy atom. The molecule has 1 unspecified atom stereocenters. The molecular formula is C9H11NO5. The molecule has 1 atom stereocenters. The van der Waals surface area contributed by atoms with Crippen LogP contribution in [0.25, 0.3) is 0 Å². The normalized spacial score (nSPS) is 12.1. The Kier molecular flexibility index (Phi) is 3.87. The Bertz CT molecular complexity index is 332. The van der Waals surface area contributed by atoms with Gasteiger partial charge in [0, 0.05) is 7.11 Å². The van der Waals surface area contributed by atoms with Crippen LogP contribution in [0.4, 0.5) is 0 Å². The first-order valence-electron chi connectivity index (χ1n) is 4.21. The number of rotatable bonds is 5. The number of methoxy groups -OCH3 is 1. The van der Waals surface area contributed by atoms with Crippen molar-refractivity contribution in [1.29, 1.82) is 0 Å². The van der Waals surface area contributed by atoms with Crippen molar-refractivity contribution in [1.82, 2.24) is 5.32 Å². The van der Waals surface area contributed by atoms with Crippen LogP contribution in [0, 0.1) is 0 Å². The van der Waals surface area contributed by atoms with Crippen molar-refractivity contribution in [2.75, 3.05) is 13.7 Å². The summed E-state index contributed by atoms with van der Waals surface area (Å²) in [5, 5.41) is 11.0. The van der Waals surface area contributed by atoms with Gasteiger partial charge in [-0.2, -0.15) is 0 Å². The first-order chi connectivity index (χ1) is 7.15. The lowest BCUT2D eigenvalue weighted by Gasteiger charge is -2.11. The maximum absolute atomic E-state index is 11.4. The van der Waals surface area contributed by atoms with Crippen molar-refractivity contribution in [2.45, 2.75) is 6.04 Å². The van der Waals surface area contributed by atoms with Crippen molar-refractivity contribution in [2.24, 2.45) is 0 Å². The summed E-state index contributed by atoms with van der Waals surface area (Å²) >= 11 is 0. The summed E-state index contributed by atoms with van der Waals surface area (Å²) in [5.74, 6) is -1.67. The Morgan fingerprint density at radius 2 is 2.40 bits per heavy atom. The molecule has 82 valence electrons. The van der Waals surface area contributed by atoms with Gasteiger partial charge in [0.05, 0.1) is 12.9 Å². The first-order valence-corrected chi connectivity index (χ1v) is 4.21. The average molecular weight is 213 g/mol. The van der Waals surface area contributed by atoms with Gasteiger partial charge in [0.2, 0.25) is 0 Å². The smallest absolute Gasteiger partial charge is 0.328 e. The first kappa shape index (κ1) is 11.3. The maximum atomic E-state index is 11.4. The van der Waals surface area contributed by atoms with Crippen LogP contribution in [0.5, 0.6) is 0 Å². The number of carbonyl (C=O) groups excluding carboxylic acids is 1. The average Bonchev–Trinajstić information content (AvgIpc) is 2.69. The molecule has 0 fully saturated rings. The second-order valence-electron chi connectivity index (χ2n) is 2.80. The Morgan fingerprint density at radius 1 is 1.67 bits per heavy atom. The van der Waals surface area contributed by atoms with Crippen LogP contribution < -0.4 is 5.32 Å². The summed E-state index contributed by atoms with van der Waals surface area (Å²) in [5.41, 5.74) is 0. The molecule has 0 spiro atoms. The SMILES string of the molecule is COCC(NC(=O)c1ccco1)C(=O)O.